The van der Waals surface area contributed by atoms with Gasteiger partial charge in [-0.25, -0.2) is 4.57 Å². The predicted molar refractivity (Wildman–Crippen MR) is 82.3 cm³/mol. The van der Waals surface area contributed by atoms with Crippen molar-refractivity contribution in [3.05, 3.63) is 29.3 Å². The Kier molecular flexibility index (Phi) is 6.57. The molecule has 0 unspecified atom stereocenters. The Hall–Kier alpha value is 0.170. The average molecular weight is 309 g/mol. The fraction of sp³-hybridized carbons (Fsp3) is 0.571. The molecule has 4 nitrogen and oxygen atoms in total. The Labute approximate surface area is 143 Å². The van der Waals surface area contributed by atoms with Crippen LogP contribution in [0.15, 0.2) is 18.2 Å². The SMILES string of the molecule is CC(C)(C)c1ccc(OP(=O)(O)O)c(C(C)(C)C)c1.[Na]. The molecule has 20 heavy (non-hydrogen) atoms. The molecule has 0 aliphatic carbocycles. The Morgan fingerprint density at radius 2 is 1.50 bits per heavy atom. The van der Waals surface area contributed by atoms with Crippen LogP contribution in [0.1, 0.15) is 52.7 Å². The molecule has 2 N–H and O–H groups in total. The summed E-state index contributed by atoms with van der Waals surface area (Å²) < 4.78 is 15.8. The fourth-order valence-electron chi connectivity index (χ4n) is 1.79. The molecular formula is C14H23NaO4P. The molecule has 0 fully saturated rings. The van der Waals surface area contributed by atoms with Crippen molar-refractivity contribution < 1.29 is 18.9 Å². The molecule has 0 aliphatic heterocycles. The molecule has 0 heterocycles. The van der Waals surface area contributed by atoms with E-state index in [1.807, 2.05) is 32.9 Å². The zero-order chi connectivity index (χ0) is 15.1. The van der Waals surface area contributed by atoms with Crippen molar-refractivity contribution in [2.75, 3.05) is 0 Å². The normalized spacial score (nSPS) is 12.8. The second-order valence-corrected chi connectivity index (χ2v) is 7.96. The topological polar surface area (TPSA) is 66.8 Å². The van der Waals surface area contributed by atoms with E-state index in [9.17, 15) is 4.57 Å². The number of phosphoric acid groups is 1. The first-order chi connectivity index (χ1) is 8.31. The summed E-state index contributed by atoms with van der Waals surface area (Å²) in [7, 11) is -4.54. The van der Waals surface area contributed by atoms with Crippen LogP contribution in [-0.2, 0) is 15.4 Å². The van der Waals surface area contributed by atoms with Crippen LogP contribution in [0.2, 0.25) is 0 Å². The van der Waals surface area contributed by atoms with Gasteiger partial charge in [0.05, 0.1) is 0 Å². The van der Waals surface area contributed by atoms with Gasteiger partial charge in [-0.05, 0) is 22.5 Å². The molecule has 1 rings (SSSR count). The minimum atomic E-state index is -4.54. The molecule has 0 saturated heterocycles. The molecule has 0 aliphatic rings. The predicted octanol–water partition coefficient (Wildman–Crippen LogP) is 3.37. The van der Waals surface area contributed by atoms with Crippen LogP contribution in [0.4, 0.5) is 0 Å². The van der Waals surface area contributed by atoms with Gasteiger partial charge in [0.25, 0.3) is 0 Å². The molecule has 0 saturated carbocycles. The summed E-state index contributed by atoms with van der Waals surface area (Å²) in [5.41, 5.74) is 1.62. The number of benzene rings is 1. The minimum absolute atomic E-state index is 0. The van der Waals surface area contributed by atoms with Gasteiger partial charge in [0.1, 0.15) is 5.75 Å². The maximum Gasteiger partial charge on any atom is 0.524 e. The van der Waals surface area contributed by atoms with E-state index in [4.69, 9.17) is 14.3 Å². The average Bonchev–Trinajstić information content (AvgIpc) is 2.11. The van der Waals surface area contributed by atoms with Crippen LogP contribution in [0.25, 0.3) is 0 Å². The zero-order valence-corrected chi connectivity index (χ0v) is 16.3. The molecule has 0 bridgehead atoms. The van der Waals surface area contributed by atoms with Gasteiger partial charge in [-0.1, -0.05) is 53.7 Å². The molecule has 0 spiro atoms. The molecule has 0 atom stereocenters. The number of phosphoric ester groups is 1. The van der Waals surface area contributed by atoms with Gasteiger partial charge in [0.15, 0.2) is 0 Å². The Morgan fingerprint density at radius 1 is 1.00 bits per heavy atom. The number of hydrogen-bond donors (Lipinski definition) is 2. The third kappa shape index (κ3) is 5.88. The first-order valence-electron chi connectivity index (χ1n) is 6.21. The van der Waals surface area contributed by atoms with Gasteiger partial charge < -0.3 is 4.52 Å². The summed E-state index contributed by atoms with van der Waals surface area (Å²) >= 11 is 0. The third-order valence-corrected chi connectivity index (χ3v) is 3.31. The molecule has 1 radical (unpaired) electrons. The molecule has 0 aromatic heterocycles. The van der Waals surface area contributed by atoms with Crippen LogP contribution in [0.3, 0.4) is 0 Å². The van der Waals surface area contributed by atoms with Crippen molar-refractivity contribution in [1.29, 1.82) is 0 Å². The summed E-state index contributed by atoms with van der Waals surface area (Å²) in [6.07, 6.45) is 0. The standard InChI is InChI=1S/C14H23O4P.Na/c1-13(2,3)10-7-8-12(18-19(15,16)17)11(9-10)14(4,5)6;/h7-9H,1-6H3,(H2,15,16,17);. The van der Waals surface area contributed by atoms with Crippen LogP contribution in [-0.4, -0.2) is 39.3 Å². The van der Waals surface area contributed by atoms with Crippen molar-refractivity contribution in [2.24, 2.45) is 0 Å². The summed E-state index contributed by atoms with van der Waals surface area (Å²) in [6, 6.07) is 5.45. The Morgan fingerprint density at radius 3 is 1.85 bits per heavy atom. The van der Waals surface area contributed by atoms with E-state index in [2.05, 4.69) is 20.8 Å². The minimum Gasteiger partial charge on any atom is -0.404 e. The molecule has 6 heteroatoms. The number of rotatable bonds is 2. The van der Waals surface area contributed by atoms with Gasteiger partial charge in [-0.3, -0.25) is 9.79 Å². The Bertz CT molecular complexity index is 509. The fourth-order valence-corrected chi connectivity index (χ4v) is 2.21. The summed E-state index contributed by atoms with van der Waals surface area (Å²) in [4.78, 5) is 18.0. The van der Waals surface area contributed by atoms with Crippen LogP contribution < -0.4 is 4.52 Å². The second-order valence-electron chi connectivity index (χ2n) is 6.79. The van der Waals surface area contributed by atoms with Crippen molar-refractivity contribution in [1.82, 2.24) is 0 Å². The van der Waals surface area contributed by atoms with Crippen molar-refractivity contribution in [3.8, 4) is 5.75 Å². The molecule has 0 amide bonds. The van der Waals surface area contributed by atoms with E-state index < -0.39 is 7.82 Å². The summed E-state index contributed by atoms with van der Waals surface area (Å²) in [6.45, 7) is 12.2. The molecular weight excluding hydrogens is 286 g/mol. The molecule has 1 aromatic carbocycles. The maximum absolute atomic E-state index is 11.0. The van der Waals surface area contributed by atoms with Gasteiger partial charge >= 0.3 is 7.82 Å². The smallest absolute Gasteiger partial charge is 0.404 e. The van der Waals surface area contributed by atoms with Crippen LogP contribution >= 0.6 is 7.82 Å². The van der Waals surface area contributed by atoms with Crippen molar-refractivity contribution >= 4 is 37.4 Å². The van der Waals surface area contributed by atoms with Gasteiger partial charge in [-0.2, -0.15) is 0 Å². The largest absolute Gasteiger partial charge is 0.524 e. The monoisotopic (exact) mass is 309 g/mol. The third-order valence-electron chi connectivity index (χ3n) is 2.87. The summed E-state index contributed by atoms with van der Waals surface area (Å²) in [5, 5.41) is 0. The van der Waals surface area contributed by atoms with E-state index >= 15 is 0 Å². The number of hydrogen-bond acceptors (Lipinski definition) is 2. The van der Waals surface area contributed by atoms with Crippen molar-refractivity contribution in [3.63, 3.8) is 0 Å². The van der Waals surface area contributed by atoms with E-state index in [0.717, 1.165) is 11.1 Å². The van der Waals surface area contributed by atoms with E-state index in [0.29, 0.717) is 0 Å². The van der Waals surface area contributed by atoms with Crippen LogP contribution in [0.5, 0.6) is 5.75 Å². The zero-order valence-electron chi connectivity index (χ0n) is 13.4. The van der Waals surface area contributed by atoms with Crippen LogP contribution in [0, 0.1) is 0 Å². The van der Waals surface area contributed by atoms with E-state index in [-0.39, 0.29) is 46.1 Å². The second kappa shape index (κ2) is 6.51. The first kappa shape index (κ1) is 20.2. The summed E-state index contributed by atoms with van der Waals surface area (Å²) in [5.74, 6) is 0.244. The van der Waals surface area contributed by atoms with Gasteiger partial charge in [0, 0.05) is 35.1 Å². The first-order valence-corrected chi connectivity index (χ1v) is 7.74. The van der Waals surface area contributed by atoms with Gasteiger partial charge in [0.2, 0.25) is 0 Å². The van der Waals surface area contributed by atoms with E-state index in [1.165, 1.54) is 0 Å². The van der Waals surface area contributed by atoms with Gasteiger partial charge in [-0.15, -0.1) is 0 Å². The maximum atomic E-state index is 11.0. The molecule has 109 valence electrons. The molecule has 1 aromatic rings. The van der Waals surface area contributed by atoms with Crippen molar-refractivity contribution in [2.45, 2.75) is 52.4 Å². The Balaban J connectivity index is 0.00000361. The quantitative estimate of drug-likeness (QED) is 0.649. The van der Waals surface area contributed by atoms with E-state index in [1.54, 1.807) is 6.07 Å².